The third kappa shape index (κ3) is 5.15. The molecule has 120 valence electrons. The minimum Gasteiger partial charge on any atom is -0.383 e. The molecule has 0 aliphatic carbocycles. The second-order valence-electron chi connectivity index (χ2n) is 5.92. The zero-order chi connectivity index (χ0) is 15.8. The number of carbonyl (C=O) groups excluding carboxylic acids is 2. The van der Waals surface area contributed by atoms with Crippen LogP contribution in [0, 0.1) is 0 Å². The lowest BCUT2D eigenvalue weighted by Crippen LogP contribution is -2.26. The Labute approximate surface area is 131 Å². The van der Waals surface area contributed by atoms with Gasteiger partial charge in [0, 0.05) is 18.2 Å². The van der Waals surface area contributed by atoms with E-state index in [0.717, 1.165) is 18.8 Å². The fourth-order valence-corrected chi connectivity index (χ4v) is 2.85. The summed E-state index contributed by atoms with van der Waals surface area (Å²) in [5, 5.41) is 8.93. The molecule has 1 fully saturated rings. The number of nitrogens with one attached hydrogen (secondary N) is 3. The lowest BCUT2D eigenvalue weighted by atomic mass is 9.90. The molecule has 1 aromatic carbocycles. The van der Waals surface area contributed by atoms with Crippen LogP contribution in [-0.4, -0.2) is 31.4 Å². The first kappa shape index (κ1) is 16.5. The number of imide groups is 1. The zero-order valence-electron chi connectivity index (χ0n) is 13.1. The van der Waals surface area contributed by atoms with Crippen molar-refractivity contribution in [3.63, 3.8) is 0 Å². The number of rotatable bonds is 7. The second-order valence-corrected chi connectivity index (χ2v) is 5.92. The number of hydrogen-bond acceptors (Lipinski definition) is 4. The molecule has 3 N–H and O–H groups in total. The Morgan fingerprint density at radius 2 is 2.00 bits per heavy atom. The summed E-state index contributed by atoms with van der Waals surface area (Å²) in [7, 11) is 0. The molecule has 1 unspecified atom stereocenters. The summed E-state index contributed by atoms with van der Waals surface area (Å²) in [6.45, 7) is 4.24. The molecule has 5 nitrogen and oxygen atoms in total. The fraction of sp³-hybridized carbons (Fsp3) is 0.529. The lowest BCUT2D eigenvalue weighted by molar-refractivity contribution is -0.125. The Kier molecular flexibility index (Phi) is 6.40. The van der Waals surface area contributed by atoms with Gasteiger partial charge in [0.15, 0.2) is 0 Å². The van der Waals surface area contributed by atoms with Gasteiger partial charge in [0.1, 0.15) is 0 Å². The lowest BCUT2D eigenvalue weighted by Gasteiger charge is -2.23. The Morgan fingerprint density at radius 3 is 2.64 bits per heavy atom. The van der Waals surface area contributed by atoms with E-state index in [1.54, 1.807) is 0 Å². The van der Waals surface area contributed by atoms with E-state index < -0.39 is 0 Å². The number of hydrogen-bond donors (Lipinski definition) is 3. The SMILES string of the molecule is CC(CCC(=O)NC=O)Nc1ccc(C2CCNCC2)cc1. The van der Waals surface area contributed by atoms with E-state index in [1.165, 1.54) is 18.4 Å². The largest absolute Gasteiger partial charge is 0.383 e. The van der Waals surface area contributed by atoms with Gasteiger partial charge in [-0.15, -0.1) is 0 Å². The summed E-state index contributed by atoms with van der Waals surface area (Å²) in [5.41, 5.74) is 2.48. The molecule has 1 aromatic rings. The Bertz CT molecular complexity index is 481. The average molecular weight is 303 g/mol. The van der Waals surface area contributed by atoms with Crippen LogP contribution in [-0.2, 0) is 9.59 Å². The van der Waals surface area contributed by atoms with Gasteiger partial charge in [0.05, 0.1) is 0 Å². The molecule has 22 heavy (non-hydrogen) atoms. The first-order valence-corrected chi connectivity index (χ1v) is 7.99. The van der Waals surface area contributed by atoms with Crippen molar-refractivity contribution in [3.8, 4) is 0 Å². The maximum atomic E-state index is 11.2. The molecular formula is C17H25N3O2. The van der Waals surface area contributed by atoms with E-state index >= 15 is 0 Å². The highest BCUT2D eigenvalue weighted by Crippen LogP contribution is 2.26. The van der Waals surface area contributed by atoms with Gasteiger partial charge in [-0.2, -0.15) is 0 Å². The summed E-state index contributed by atoms with van der Waals surface area (Å²) in [6.07, 6.45) is 3.87. The highest BCUT2D eigenvalue weighted by molar-refractivity contribution is 5.85. The van der Waals surface area contributed by atoms with Gasteiger partial charge in [-0.3, -0.25) is 14.9 Å². The topological polar surface area (TPSA) is 70.2 Å². The molecule has 2 amide bonds. The summed E-state index contributed by atoms with van der Waals surface area (Å²) < 4.78 is 0. The maximum Gasteiger partial charge on any atom is 0.226 e. The van der Waals surface area contributed by atoms with Crippen molar-refractivity contribution in [2.75, 3.05) is 18.4 Å². The zero-order valence-corrected chi connectivity index (χ0v) is 13.1. The predicted octanol–water partition coefficient (Wildman–Crippen LogP) is 2.01. The fourth-order valence-electron chi connectivity index (χ4n) is 2.85. The number of amides is 2. The van der Waals surface area contributed by atoms with Crippen LogP contribution in [0.5, 0.6) is 0 Å². The minimum atomic E-state index is -0.232. The maximum absolute atomic E-state index is 11.2. The standard InChI is InChI=1S/C17H25N3O2/c1-13(2-7-17(22)19-12-21)20-16-5-3-14(4-6-16)15-8-10-18-11-9-15/h3-6,12-13,15,18,20H,2,7-11H2,1H3,(H,19,21,22). The quantitative estimate of drug-likeness (QED) is 0.674. The van der Waals surface area contributed by atoms with Gasteiger partial charge < -0.3 is 10.6 Å². The van der Waals surface area contributed by atoms with Crippen LogP contribution in [0.1, 0.15) is 44.1 Å². The van der Waals surface area contributed by atoms with Crippen molar-refractivity contribution >= 4 is 18.0 Å². The number of piperidine rings is 1. The van der Waals surface area contributed by atoms with E-state index in [4.69, 9.17) is 0 Å². The van der Waals surface area contributed by atoms with E-state index in [9.17, 15) is 9.59 Å². The second kappa shape index (κ2) is 8.54. The van der Waals surface area contributed by atoms with E-state index in [0.29, 0.717) is 25.2 Å². The van der Waals surface area contributed by atoms with Gasteiger partial charge in [0.25, 0.3) is 0 Å². The molecule has 1 heterocycles. The Morgan fingerprint density at radius 1 is 1.32 bits per heavy atom. The highest BCUT2D eigenvalue weighted by atomic mass is 16.2. The summed E-state index contributed by atoms with van der Waals surface area (Å²) in [5.74, 6) is 0.435. The van der Waals surface area contributed by atoms with Crippen LogP contribution in [0.15, 0.2) is 24.3 Å². The molecule has 0 aromatic heterocycles. The molecular weight excluding hydrogens is 278 g/mol. The molecule has 0 bridgehead atoms. The molecule has 1 atom stereocenters. The van der Waals surface area contributed by atoms with E-state index in [1.807, 2.05) is 6.92 Å². The number of carbonyl (C=O) groups is 2. The van der Waals surface area contributed by atoms with E-state index in [-0.39, 0.29) is 11.9 Å². The predicted molar refractivity (Wildman–Crippen MR) is 87.8 cm³/mol. The van der Waals surface area contributed by atoms with Crippen molar-refractivity contribution in [3.05, 3.63) is 29.8 Å². The van der Waals surface area contributed by atoms with Crippen molar-refractivity contribution in [1.29, 1.82) is 0 Å². The van der Waals surface area contributed by atoms with Gasteiger partial charge in [-0.1, -0.05) is 12.1 Å². The average Bonchev–Trinajstić information content (AvgIpc) is 2.55. The van der Waals surface area contributed by atoms with Crippen molar-refractivity contribution in [2.45, 2.75) is 44.6 Å². The normalized spacial score (nSPS) is 16.8. The first-order chi connectivity index (χ1) is 10.7. The molecule has 1 aliphatic rings. The van der Waals surface area contributed by atoms with Crippen LogP contribution < -0.4 is 16.0 Å². The van der Waals surface area contributed by atoms with Crippen molar-refractivity contribution < 1.29 is 9.59 Å². The van der Waals surface area contributed by atoms with Crippen LogP contribution >= 0.6 is 0 Å². The van der Waals surface area contributed by atoms with Crippen LogP contribution in [0.25, 0.3) is 0 Å². The van der Waals surface area contributed by atoms with Gasteiger partial charge in [-0.05, 0) is 62.9 Å². The number of benzene rings is 1. The van der Waals surface area contributed by atoms with Crippen molar-refractivity contribution in [2.24, 2.45) is 0 Å². The molecule has 2 rings (SSSR count). The molecule has 0 saturated carbocycles. The summed E-state index contributed by atoms with van der Waals surface area (Å²) >= 11 is 0. The van der Waals surface area contributed by atoms with Gasteiger partial charge in [0.2, 0.25) is 12.3 Å². The van der Waals surface area contributed by atoms with Crippen molar-refractivity contribution in [1.82, 2.24) is 10.6 Å². The molecule has 1 saturated heterocycles. The number of anilines is 1. The molecule has 1 aliphatic heterocycles. The molecule has 0 radical (unpaired) electrons. The Balaban J connectivity index is 1.80. The first-order valence-electron chi connectivity index (χ1n) is 7.99. The summed E-state index contributed by atoms with van der Waals surface area (Å²) in [6, 6.07) is 8.80. The van der Waals surface area contributed by atoms with Gasteiger partial charge >= 0.3 is 0 Å². The molecule has 0 spiro atoms. The summed E-state index contributed by atoms with van der Waals surface area (Å²) in [4.78, 5) is 21.4. The molecule has 5 heteroatoms. The smallest absolute Gasteiger partial charge is 0.226 e. The van der Waals surface area contributed by atoms with Crippen LogP contribution in [0.2, 0.25) is 0 Å². The third-order valence-electron chi connectivity index (χ3n) is 4.16. The van der Waals surface area contributed by atoms with Gasteiger partial charge in [-0.25, -0.2) is 0 Å². The minimum absolute atomic E-state index is 0.183. The highest BCUT2D eigenvalue weighted by Gasteiger charge is 2.14. The third-order valence-corrected chi connectivity index (χ3v) is 4.16. The van der Waals surface area contributed by atoms with E-state index in [2.05, 4.69) is 40.2 Å². The van der Waals surface area contributed by atoms with Crippen LogP contribution in [0.4, 0.5) is 5.69 Å². The van der Waals surface area contributed by atoms with Crippen LogP contribution in [0.3, 0.4) is 0 Å². The Hall–Kier alpha value is -1.88. The monoisotopic (exact) mass is 303 g/mol.